The van der Waals surface area contributed by atoms with E-state index in [1.807, 2.05) is 25.6 Å². The molecule has 1 fully saturated rings. The molecule has 0 aromatic rings. The van der Waals surface area contributed by atoms with Crippen molar-refractivity contribution in [3.63, 3.8) is 0 Å². The first-order valence-corrected chi connectivity index (χ1v) is 9.50. The topological polar surface area (TPSA) is 58.9 Å². The molecule has 0 aromatic carbocycles. The lowest BCUT2D eigenvalue weighted by molar-refractivity contribution is -0.117. The second-order valence-electron chi connectivity index (χ2n) is 6.18. The number of oxime groups is 1. The quantitative estimate of drug-likeness (QED) is 0.561. The van der Waals surface area contributed by atoms with Crippen LogP contribution in [0.5, 0.6) is 0 Å². The van der Waals surface area contributed by atoms with Crippen molar-refractivity contribution in [1.29, 1.82) is 0 Å². The lowest BCUT2D eigenvalue weighted by atomic mass is 9.68. The molecule has 0 aliphatic heterocycles. The highest BCUT2D eigenvalue weighted by Gasteiger charge is 2.47. The number of carbonyl (C=O) groups is 1. The average Bonchev–Trinajstić information content (AvgIpc) is 2.43. The molecule has 0 heterocycles. The van der Waals surface area contributed by atoms with Crippen LogP contribution in [0.4, 0.5) is 0 Å². The van der Waals surface area contributed by atoms with Crippen LogP contribution in [0.3, 0.4) is 0 Å². The standard InChI is InChI=1S/C17H27NO3S/c1-4-7-13(18-21-5-2)16-14(19)10-12(11-15(16)20)17(22-3)8-6-9-17/h12,19H,4-11H2,1-3H3. The van der Waals surface area contributed by atoms with E-state index in [1.165, 1.54) is 6.42 Å². The number of Topliss-reactive ketones (excluding diaryl/α,β-unsaturated/α-hetero) is 1. The summed E-state index contributed by atoms with van der Waals surface area (Å²) in [5, 5.41) is 14.6. The van der Waals surface area contributed by atoms with Gasteiger partial charge in [0.2, 0.25) is 0 Å². The summed E-state index contributed by atoms with van der Waals surface area (Å²) in [6.07, 6.45) is 8.31. The van der Waals surface area contributed by atoms with Crippen molar-refractivity contribution in [2.45, 2.75) is 63.5 Å². The molecule has 124 valence electrons. The number of nitrogens with zero attached hydrogens (tertiary/aromatic N) is 1. The van der Waals surface area contributed by atoms with E-state index in [9.17, 15) is 9.90 Å². The second kappa shape index (κ2) is 7.53. The van der Waals surface area contributed by atoms with Crippen molar-refractivity contribution < 1.29 is 14.7 Å². The van der Waals surface area contributed by atoms with Crippen LogP contribution in [0, 0.1) is 5.92 Å². The Morgan fingerprint density at radius 1 is 1.41 bits per heavy atom. The minimum absolute atomic E-state index is 0.0287. The summed E-state index contributed by atoms with van der Waals surface area (Å²) in [6, 6.07) is 0. The summed E-state index contributed by atoms with van der Waals surface area (Å²) in [5.74, 6) is 0.497. The Morgan fingerprint density at radius 2 is 2.14 bits per heavy atom. The summed E-state index contributed by atoms with van der Waals surface area (Å²) in [6.45, 7) is 4.36. The van der Waals surface area contributed by atoms with Crippen molar-refractivity contribution in [2.75, 3.05) is 12.9 Å². The predicted octanol–water partition coefficient (Wildman–Crippen LogP) is 4.26. The van der Waals surface area contributed by atoms with Gasteiger partial charge in [0, 0.05) is 17.6 Å². The van der Waals surface area contributed by atoms with Crippen molar-refractivity contribution >= 4 is 23.3 Å². The van der Waals surface area contributed by atoms with Gasteiger partial charge in [0.05, 0.1) is 11.3 Å². The molecule has 22 heavy (non-hydrogen) atoms. The molecule has 4 nitrogen and oxygen atoms in total. The maximum absolute atomic E-state index is 12.6. The lowest BCUT2D eigenvalue weighted by Crippen LogP contribution is -2.44. The number of aliphatic hydroxyl groups excluding tert-OH is 1. The second-order valence-corrected chi connectivity index (χ2v) is 7.40. The number of ketones is 1. The van der Waals surface area contributed by atoms with Crippen LogP contribution in [0.2, 0.25) is 0 Å². The summed E-state index contributed by atoms with van der Waals surface area (Å²) >= 11 is 1.86. The number of thioether (sulfide) groups is 1. The first kappa shape index (κ1) is 17.4. The molecule has 1 saturated carbocycles. The minimum atomic E-state index is 0.0287. The third-order valence-corrected chi connectivity index (χ3v) is 6.42. The number of hydrogen-bond acceptors (Lipinski definition) is 5. The Hall–Kier alpha value is -0.970. The van der Waals surface area contributed by atoms with Crippen LogP contribution < -0.4 is 0 Å². The van der Waals surface area contributed by atoms with Crippen LogP contribution in [0.15, 0.2) is 16.5 Å². The summed E-state index contributed by atoms with van der Waals surface area (Å²) in [7, 11) is 0. The normalized spacial score (nSPS) is 25.1. The van der Waals surface area contributed by atoms with Gasteiger partial charge in [0.25, 0.3) is 0 Å². The third kappa shape index (κ3) is 3.34. The fraction of sp³-hybridized carbons (Fsp3) is 0.765. The molecule has 1 N–H and O–H groups in total. The third-order valence-electron chi connectivity index (χ3n) is 4.87. The van der Waals surface area contributed by atoms with Gasteiger partial charge in [-0.25, -0.2) is 0 Å². The highest BCUT2D eigenvalue weighted by molar-refractivity contribution is 8.00. The van der Waals surface area contributed by atoms with Gasteiger partial charge in [0.15, 0.2) is 5.78 Å². The summed E-state index contributed by atoms with van der Waals surface area (Å²) in [5.41, 5.74) is 1.03. The number of rotatable bonds is 7. The molecule has 1 unspecified atom stereocenters. The minimum Gasteiger partial charge on any atom is -0.511 e. The van der Waals surface area contributed by atoms with E-state index >= 15 is 0 Å². The SMILES string of the molecule is CCCC(=NOCC)C1=C(O)CC(C2(SC)CCC2)CC1=O. The number of aliphatic hydroxyl groups is 1. The fourth-order valence-corrected chi connectivity index (χ4v) is 4.69. The predicted molar refractivity (Wildman–Crippen MR) is 91.5 cm³/mol. The molecule has 5 heteroatoms. The number of carbonyl (C=O) groups excluding carboxylic acids is 1. The Labute approximate surface area is 137 Å². The molecular weight excluding hydrogens is 298 g/mol. The van der Waals surface area contributed by atoms with Gasteiger partial charge in [-0.1, -0.05) is 24.9 Å². The van der Waals surface area contributed by atoms with Crippen molar-refractivity contribution in [1.82, 2.24) is 0 Å². The zero-order valence-corrected chi connectivity index (χ0v) is 14.7. The number of allylic oxidation sites excluding steroid dienone is 2. The molecule has 0 amide bonds. The molecule has 1 atom stereocenters. The molecule has 0 bridgehead atoms. The van der Waals surface area contributed by atoms with Crippen LogP contribution >= 0.6 is 11.8 Å². The smallest absolute Gasteiger partial charge is 0.168 e. The molecule has 0 spiro atoms. The van der Waals surface area contributed by atoms with Crippen LogP contribution in [-0.4, -0.2) is 34.2 Å². The lowest BCUT2D eigenvalue weighted by Gasteiger charge is -2.47. The highest BCUT2D eigenvalue weighted by atomic mass is 32.2. The number of hydrogen-bond donors (Lipinski definition) is 1. The van der Waals surface area contributed by atoms with Gasteiger partial charge in [-0.05, 0) is 38.4 Å². The Bertz CT molecular complexity index is 475. The van der Waals surface area contributed by atoms with Crippen LogP contribution in [0.25, 0.3) is 0 Å². The van der Waals surface area contributed by atoms with Gasteiger partial charge in [-0.15, -0.1) is 0 Å². The average molecular weight is 325 g/mol. The maximum atomic E-state index is 12.6. The van der Waals surface area contributed by atoms with Gasteiger partial charge in [0.1, 0.15) is 12.4 Å². The van der Waals surface area contributed by atoms with Gasteiger partial charge in [-0.2, -0.15) is 11.8 Å². The maximum Gasteiger partial charge on any atom is 0.168 e. The zero-order chi connectivity index (χ0) is 16.2. The Morgan fingerprint density at radius 3 is 2.59 bits per heavy atom. The molecular formula is C17H27NO3S. The van der Waals surface area contributed by atoms with Crippen molar-refractivity contribution in [3.05, 3.63) is 11.3 Å². The van der Waals surface area contributed by atoms with Gasteiger partial charge in [-0.3, -0.25) is 4.79 Å². The van der Waals surface area contributed by atoms with Gasteiger partial charge >= 0.3 is 0 Å². The molecule has 2 rings (SSSR count). The molecule has 2 aliphatic carbocycles. The Kier molecular flexibility index (Phi) is 5.95. The first-order valence-electron chi connectivity index (χ1n) is 8.27. The Balaban J connectivity index is 2.23. The monoisotopic (exact) mass is 325 g/mol. The van der Waals surface area contributed by atoms with Crippen LogP contribution in [-0.2, 0) is 9.63 Å². The van der Waals surface area contributed by atoms with E-state index in [0.29, 0.717) is 37.2 Å². The van der Waals surface area contributed by atoms with Gasteiger partial charge < -0.3 is 9.94 Å². The van der Waals surface area contributed by atoms with E-state index < -0.39 is 0 Å². The largest absolute Gasteiger partial charge is 0.511 e. The van der Waals surface area contributed by atoms with E-state index in [2.05, 4.69) is 11.4 Å². The van der Waals surface area contributed by atoms with Crippen molar-refractivity contribution in [3.8, 4) is 0 Å². The van der Waals surface area contributed by atoms with Crippen LogP contribution in [0.1, 0.15) is 58.8 Å². The van der Waals surface area contributed by atoms with E-state index in [-0.39, 0.29) is 22.2 Å². The molecule has 0 aromatic heterocycles. The van der Waals surface area contributed by atoms with Crippen molar-refractivity contribution in [2.24, 2.45) is 11.1 Å². The fourth-order valence-electron chi connectivity index (χ4n) is 3.49. The molecule has 2 aliphatic rings. The van der Waals surface area contributed by atoms with E-state index in [0.717, 1.165) is 19.3 Å². The summed E-state index contributed by atoms with van der Waals surface area (Å²) in [4.78, 5) is 17.8. The summed E-state index contributed by atoms with van der Waals surface area (Å²) < 4.78 is 0.192. The first-order chi connectivity index (χ1) is 10.6. The van der Waals surface area contributed by atoms with E-state index in [1.54, 1.807) is 0 Å². The zero-order valence-electron chi connectivity index (χ0n) is 13.9. The molecule has 0 saturated heterocycles. The highest BCUT2D eigenvalue weighted by Crippen LogP contribution is 2.52. The van der Waals surface area contributed by atoms with E-state index in [4.69, 9.17) is 4.84 Å². The molecule has 0 radical (unpaired) electrons.